The van der Waals surface area contributed by atoms with E-state index in [0.717, 1.165) is 60.7 Å². The summed E-state index contributed by atoms with van der Waals surface area (Å²) in [6.45, 7) is 0. The van der Waals surface area contributed by atoms with Gasteiger partial charge in [0.1, 0.15) is 0 Å². The molecule has 0 unspecified atom stereocenters. The zero-order valence-electron chi connectivity index (χ0n) is 27.4. The fourth-order valence-corrected chi connectivity index (χ4v) is 4.64. The number of rotatable bonds is 10. The molecule has 0 fully saturated rings. The Hall–Kier alpha value is -8.75. The summed E-state index contributed by atoms with van der Waals surface area (Å²) in [7, 11) is 0. The third kappa shape index (κ3) is 9.77. The summed E-state index contributed by atoms with van der Waals surface area (Å²) in [4.78, 5) is 113. The summed E-state index contributed by atoms with van der Waals surface area (Å²) in [6, 6.07) is 10.8. The molecule has 10 N–H and O–H groups in total. The standard InChI is InChI=1S/C17H9NO8.2C9H6O6/c19-14(20)6-1-10(16(23)24)8-5-9-11(17(25)26)2-7(15(21)22)4-13(9)18-12(8)3-6;2*10-7(11)4-1-5(8(12)13)3-6(2-4)9(14)15/h1-5H,(H,19,20)(H,21,22)(H,23,24)(H,25,26);2*1-3H,(H,10,11)(H,12,13)(H,14,15). The Balaban J connectivity index is 0.000000241. The Morgan fingerprint density at radius 1 is 0.268 bits per heavy atom. The number of carbonyl (C=O) groups is 10. The van der Waals surface area contributed by atoms with Gasteiger partial charge in [-0.05, 0) is 66.7 Å². The summed E-state index contributed by atoms with van der Waals surface area (Å²) < 4.78 is 0. The van der Waals surface area contributed by atoms with Crippen molar-refractivity contribution >= 4 is 81.5 Å². The summed E-state index contributed by atoms with van der Waals surface area (Å²) in [5, 5.41) is 88.7. The van der Waals surface area contributed by atoms with Gasteiger partial charge in [0.2, 0.25) is 0 Å². The lowest BCUT2D eigenvalue weighted by atomic mass is 9.98. The molecule has 0 radical (unpaired) electrons. The van der Waals surface area contributed by atoms with E-state index in [1.165, 1.54) is 6.07 Å². The van der Waals surface area contributed by atoms with Gasteiger partial charge in [0.25, 0.3) is 0 Å². The lowest BCUT2D eigenvalue weighted by molar-refractivity contribution is 0.0666. The third-order valence-electron chi connectivity index (χ3n) is 7.15. The van der Waals surface area contributed by atoms with Crippen LogP contribution in [0.2, 0.25) is 0 Å². The number of benzene rings is 4. The predicted molar refractivity (Wildman–Crippen MR) is 182 cm³/mol. The van der Waals surface area contributed by atoms with Gasteiger partial charge in [0, 0.05) is 10.8 Å². The third-order valence-corrected chi connectivity index (χ3v) is 7.15. The molecule has 0 aliphatic rings. The molecule has 0 aliphatic carbocycles. The number of hydrogen-bond acceptors (Lipinski definition) is 11. The largest absolute Gasteiger partial charge is 0.478 e. The Labute approximate surface area is 307 Å². The molecule has 0 atom stereocenters. The number of nitrogens with zero attached hydrogens (tertiary/aromatic N) is 1. The number of fused-ring (bicyclic) bond motifs is 2. The van der Waals surface area contributed by atoms with Gasteiger partial charge in [-0.1, -0.05) is 0 Å². The smallest absolute Gasteiger partial charge is 0.336 e. The number of hydrogen-bond donors (Lipinski definition) is 10. The zero-order valence-corrected chi connectivity index (χ0v) is 27.4. The van der Waals surface area contributed by atoms with Crippen molar-refractivity contribution in [3.05, 3.63) is 122 Å². The average molecular weight is 776 g/mol. The van der Waals surface area contributed by atoms with Gasteiger partial charge < -0.3 is 51.1 Å². The number of aromatic nitrogens is 1. The summed E-state index contributed by atoms with van der Waals surface area (Å²) in [5.74, 6) is -13.8. The van der Waals surface area contributed by atoms with Crippen LogP contribution in [0, 0.1) is 0 Å². The quantitative estimate of drug-likeness (QED) is 0.0903. The Kier molecular flexibility index (Phi) is 12.4. The van der Waals surface area contributed by atoms with Gasteiger partial charge in [-0.2, -0.15) is 0 Å². The molecule has 0 amide bonds. The minimum Gasteiger partial charge on any atom is -0.478 e. The van der Waals surface area contributed by atoms with Crippen LogP contribution in [0.4, 0.5) is 0 Å². The van der Waals surface area contributed by atoms with Crippen LogP contribution in [0.3, 0.4) is 0 Å². The van der Waals surface area contributed by atoms with Crippen LogP contribution < -0.4 is 0 Å². The second kappa shape index (κ2) is 16.7. The average Bonchev–Trinajstić information content (AvgIpc) is 3.12. The first-order valence-electron chi connectivity index (χ1n) is 14.6. The number of aromatic carboxylic acids is 10. The lowest BCUT2D eigenvalue weighted by Crippen LogP contribution is -2.07. The van der Waals surface area contributed by atoms with Crippen LogP contribution in [-0.2, 0) is 0 Å². The molecular weight excluding hydrogens is 754 g/mol. The second-order valence-corrected chi connectivity index (χ2v) is 10.8. The van der Waals surface area contributed by atoms with E-state index in [1.807, 2.05) is 0 Å². The van der Waals surface area contributed by atoms with Gasteiger partial charge >= 0.3 is 59.7 Å². The molecule has 21 heteroatoms. The van der Waals surface area contributed by atoms with Crippen molar-refractivity contribution in [2.24, 2.45) is 0 Å². The molecule has 1 aromatic heterocycles. The minimum atomic E-state index is -1.40. The van der Waals surface area contributed by atoms with Crippen LogP contribution in [0.15, 0.2) is 66.7 Å². The van der Waals surface area contributed by atoms with Gasteiger partial charge in [-0.3, -0.25) is 0 Å². The number of carboxylic acid groups (broad SMARTS) is 10. The second-order valence-electron chi connectivity index (χ2n) is 10.8. The molecule has 0 bridgehead atoms. The molecular formula is C35H21NO20. The number of pyridine rings is 1. The van der Waals surface area contributed by atoms with Gasteiger partial charge in [0.15, 0.2) is 0 Å². The van der Waals surface area contributed by atoms with Crippen molar-refractivity contribution in [2.45, 2.75) is 0 Å². The maximum absolute atomic E-state index is 11.5. The fraction of sp³-hybridized carbons (Fsp3) is 0. The molecule has 4 aromatic carbocycles. The molecule has 21 nitrogen and oxygen atoms in total. The molecule has 56 heavy (non-hydrogen) atoms. The topological polar surface area (TPSA) is 386 Å². The molecule has 0 aliphatic heterocycles. The van der Waals surface area contributed by atoms with Gasteiger partial charge in [-0.25, -0.2) is 52.9 Å². The highest BCUT2D eigenvalue weighted by Gasteiger charge is 2.20. The van der Waals surface area contributed by atoms with Crippen molar-refractivity contribution in [1.82, 2.24) is 4.98 Å². The van der Waals surface area contributed by atoms with Crippen molar-refractivity contribution in [1.29, 1.82) is 0 Å². The van der Waals surface area contributed by atoms with E-state index >= 15 is 0 Å². The van der Waals surface area contributed by atoms with Crippen molar-refractivity contribution in [3.63, 3.8) is 0 Å². The van der Waals surface area contributed by atoms with E-state index in [1.54, 1.807) is 0 Å². The molecule has 1 heterocycles. The SMILES string of the molecule is O=C(O)c1cc(C(=O)O)c2cc3c(C(=O)O)cc(C(=O)O)cc3nc2c1.O=C(O)c1cc(C(=O)O)cc(C(=O)O)c1.O=C(O)c1cc(C(=O)O)cc(C(=O)O)c1. The van der Waals surface area contributed by atoms with Crippen LogP contribution in [0.1, 0.15) is 104 Å². The van der Waals surface area contributed by atoms with Crippen molar-refractivity contribution in [2.75, 3.05) is 0 Å². The Bertz CT molecular complexity index is 2240. The Morgan fingerprint density at radius 2 is 0.464 bits per heavy atom. The predicted octanol–water partition coefficient (Wildman–Crippen LogP) is 3.74. The van der Waals surface area contributed by atoms with Crippen LogP contribution >= 0.6 is 0 Å². The minimum absolute atomic E-state index is 0.00585. The molecule has 286 valence electrons. The fourth-order valence-electron chi connectivity index (χ4n) is 4.64. The maximum atomic E-state index is 11.5. The highest BCUT2D eigenvalue weighted by molar-refractivity contribution is 6.13. The highest BCUT2D eigenvalue weighted by Crippen LogP contribution is 2.28. The normalized spacial score (nSPS) is 10.1. The van der Waals surface area contributed by atoms with Crippen LogP contribution in [0.25, 0.3) is 21.8 Å². The van der Waals surface area contributed by atoms with Gasteiger partial charge in [0.05, 0.1) is 66.7 Å². The lowest BCUT2D eigenvalue weighted by Gasteiger charge is -2.09. The Morgan fingerprint density at radius 3 is 0.643 bits per heavy atom. The molecule has 0 saturated heterocycles. The summed E-state index contributed by atoms with van der Waals surface area (Å²) in [6.07, 6.45) is 0. The first-order valence-corrected chi connectivity index (χ1v) is 14.6. The molecule has 5 rings (SSSR count). The summed E-state index contributed by atoms with van der Waals surface area (Å²) in [5.41, 5.74) is -3.55. The maximum Gasteiger partial charge on any atom is 0.336 e. The van der Waals surface area contributed by atoms with Crippen molar-refractivity contribution < 1.29 is 99.0 Å². The van der Waals surface area contributed by atoms with Crippen LogP contribution in [0.5, 0.6) is 0 Å². The van der Waals surface area contributed by atoms with E-state index < -0.39 is 59.7 Å². The monoisotopic (exact) mass is 775 g/mol. The first kappa shape index (κ1) is 41.7. The van der Waals surface area contributed by atoms with E-state index in [9.17, 15) is 58.2 Å². The molecule has 0 saturated carbocycles. The van der Waals surface area contributed by atoms with E-state index in [0.29, 0.717) is 0 Å². The van der Waals surface area contributed by atoms with E-state index in [4.69, 9.17) is 40.9 Å². The first-order chi connectivity index (χ1) is 26.0. The van der Waals surface area contributed by atoms with E-state index in [2.05, 4.69) is 4.98 Å². The number of carboxylic acids is 10. The van der Waals surface area contributed by atoms with Crippen LogP contribution in [-0.4, -0.2) is 116 Å². The molecule has 5 aromatic rings. The van der Waals surface area contributed by atoms with E-state index in [-0.39, 0.29) is 77.4 Å². The highest BCUT2D eigenvalue weighted by atomic mass is 16.4. The molecule has 0 spiro atoms. The summed E-state index contributed by atoms with van der Waals surface area (Å²) >= 11 is 0. The van der Waals surface area contributed by atoms with Gasteiger partial charge in [-0.15, -0.1) is 0 Å². The van der Waals surface area contributed by atoms with Crippen molar-refractivity contribution in [3.8, 4) is 0 Å². The zero-order chi connectivity index (χ0) is 42.3.